The number of Topliss-reactive ketones (excluding diaryl/α,β-unsaturated/α-hetero) is 1. The zero-order valence-electron chi connectivity index (χ0n) is 13.6. The third-order valence-corrected chi connectivity index (χ3v) is 4.16. The van der Waals surface area contributed by atoms with Crippen LogP contribution in [0.4, 0.5) is 0 Å². The Morgan fingerprint density at radius 3 is 2.55 bits per heavy atom. The number of nitrogens with zero attached hydrogens (tertiary/aromatic N) is 2. The molecule has 0 aliphatic carbocycles. The van der Waals surface area contributed by atoms with Gasteiger partial charge in [0.2, 0.25) is 0 Å². The molecule has 0 saturated carbocycles. The van der Waals surface area contributed by atoms with Crippen LogP contribution in [0, 0.1) is 0 Å². The average Bonchev–Trinajstić information content (AvgIpc) is 2.48. The van der Waals surface area contributed by atoms with E-state index in [0.29, 0.717) is 22.8 Å². The van der Waals surface area contributed by atoms with E-state index in [1.165, 1.54) is 0 Å². The number of hydrogen-bond acceptors (Lipinski definition) is 4. The van der Waals surface area contributed by atoms with E-state index < -0.39 is 0 Å². The molecule has 0 N–H and O–H groups in total. The highest BCUT2D eigenvalue weighted by molar-refractivity contribution is 6.32. The molecule has 5 heteroatoms. The zero-order chi connectivity index (χ0) is 16.1. The van der Waals surface area contributed by atoms with Gasteiger partial charge in [-0.05, 0) is 39.1 Å². The molecular formula is C17H25ClN2O2. The minimum Gasteiger partial charge on any atom is -0.489 e. The van der Waals surface area contributed by atoms with Crippen molar-refractivity contribution in [3.63, 3.8) is 0 Å². The largest absolute Gasteiger partial charge is 0.489 e. The van der Waals surface area contributed by atoms with Crippen molar-refractivity contribution in [3.8, 4) is 5.75 Å². The van der Waals surface area contributed by atoms with Crippen molar-refractivity contribution in [2.24, 2.45) is 0 Å². The third kappa shape index (κ3) is 4.97. The van der Waals surface area contributed by atoms with Crippen molar-refractivity contribution in [1.82, 2.24) is 9.80 Å². The highest BCUT2D eigenvalue weighted by Crippen LogP contribution is 2.27. The molecule has 2 rings (SSSR count). The SMILES string of the molecule is CC(C)Oc1ccc(C(=O)CCN2CCN(C)CC2)cc1Cl. The fourth-order valence-electron chi connectivity index (χ4n) is 2.50. The molecule has 1 heterocycles. The van der Waals surface area contributed by atoms with Gasteiger partial charge in [0.1, 0.15) is 5.75 Å². The lowest BCUT2D eigenvalue weighted by Crippen LogP contribution is -2.45. The standard InChI is InChI=1S/C17H25ClN2O2/c1-13(2)22-17-5-4-14(12-15(17)18)16(21)6-7-20-10-8-19(3)9-11-20/h4-5,12-13H,6-11H2,1-3H3. The second-order valence-electron chi connectivity index (χ2n) is 6.13. The minimum atomic E-state index is 0.0660. The maximum absolute atomic E-state index is 12.3. The highest BCUT2D eigenvalue weighted by atomic mass is 35.5. The van der Waals surface area contributed by atoms with Crippen LogP contribution in [0.2, 0.25) is 5.02 Å². The van der Waals surface area contributed by atoms with Gasteiger partial charge in [0.05, 0.1) is 11.1 Å². The summed E-state index contributed by atoms with van der Waals surface area (Å²) < 4.78 is 5.59. The van der Waals surface area contributed by atoms with Crippen molar-refractivity contribution >= 4 is 17.4 Å². The molecule has 122 valence electrons. The fourth-order valence-corrected chi connectivity index (χ4v) is 2.72. The van der Waals surface area contributed by atoms with E-state index in [0.717, 1.165) is 32.7 Å². The molecule has 1 saturated heterocycles. The van der Waals surface area contributed by atoms with Crippen LogP contribution < -0.4 is 4.74 Å². The molecule has 0 unspecified atom stereocenters. The number of rotatable bonds is 6. The van der Waals surface area contributed by atoms with E-state index in [9.17, 15) is 4.79 Å². The van der Waals surface area contributed by atoms with Gasteiger partial charge in [0.25, 0.3) is 0 Å². The van der Waals surface area contributed by atoms with E-state index in [4.69, 9.17) is 16.3 Å². The second-order valence-corrected chi connectivity index (χ2v) is 6.54. The summed E-state index contributed by atoms with van der Waals surface area (Å²) in [5.74, 6) is 0.768. The van der Waals surface area contributed by atoms with Gasteiger partial charge in [-0.25, -0.2) is 0 Å². The monoisotopic (exact) mass is 324 g/mol. The molecule has 0 bridgehead atoms. The average molecular weight is 325 g/mol. The third-order valence-electron chi connectivity index (χ3n) is 3.87. The van der Waals surface area contributed by atoms with E-state index in [2.05, 4.69) is 16.8 Å². The van der Waals surface area contributed by atoms with Gasteiger partial charge in [0, 0.05) is 44.7 Å². The summed E-state index contributed by atoms with van der Waals surface area (Å²) in [6, 6.07) is 5.30. The second kappa shape index (κ2) is 7.95. The van der Waals surface area contributed by atoms with Crippen LogP contribution in [-0.4, -0.2) is 61.5 Å². The van der Waals surface area contributed by atoms with Crippen LogP contribution in [0.3, 0.4) is 0 Å². The number of ether oxygens (including phenoxy) is 1. The molecule has 0 radical (unpaired) electrons. The number of benzene rings is 1. The van der Waals surface area contributed by atoms with Gasteiger partial charge in [0.15, 0.2) is 5.78 Å². The van der Waals surface area contributed by atoms with Crippen molar-refractivity contribution < 1.29 is 9.53 Å². The molecule has 0 amide bonds. The van der Waals surface area contributed by atoms with Gasteiger partial charge in [-0.15, -0.1) is 0 Å². The van der Waals surface area contributed by atoms with Gasteiger partial charge in [-0.3, -0.25) is 4.79 Å². The maximum Gasteiger partial charge on any atom is 0.164 e. The number of ketones is 1. The predicted octanol–water partition coefficient (Wildman–Crippen LogP) is 2.95. The predicted molar refractivity (Wildman–Crippen MR) is 90.1 cm³/mol. The first-order chi connectivity index (χ1) is 10.5. The smallest absolute Gasteiger partial charge is 0.164 e. The summed E-state index contributed by atoms with van der Waals surface area (Å²) in [5, 5.41) is 0.499. The van der Waals surface area contributed by atoms with Gasteiger partial charge in [-0.1, -0.05) is 11.6 Å². The molecule has 1 aromatic carbocycles. The van der Waals surface area contributed by atoms with Crippen LogP contribution in [0.25, 0.3) is 0 Å². The van der Waals surface area contributed by atoms with E-state index in [-0.39, 0.29) is 11.9 Å². The molecule has 0 spiro atoms. The Balaban J connectivity index is 1.88. The topological polar surface area (TPSA) is 32.8 Å². The van der Waals surface area contributed by atoms with Gasteiger partial charge in [-0.2, -0.15) is 0 Å². The molecule has 4 nitrogen and oxygen atoms in total. The normalized spacial score (nSPS) is 17.0. The van der Waals surface area contributed by atoms with Crippen molar-refractivity contribution in [2.45, 2.75) is 26.4 Å². The summed E-state index contributed by atoms with van der Waals surface area (Å²) in [6.45, 7) is 8.92. The molecule has 1 fully saturated rings. The molecule has 1 aromatic rings. The lowest BCUT2D eigenvalue weighted by atomic mass is 10.1. The summed E-state index contributed by atoms with van der Waals surface area (Å²) in [4.78, 5) is 17.0. The molecule has 1 aliphatic heterocycles. The summed E-state index contributed by atoms with van der Waals surface area (Å²) in [7, 11) is 2.13. The summed E-state index contributed by atoms with van der Waals surface area (Å²) in [5.41, 5.74) is 0.662. The van der Waals surface area contributed by atoms with Crippen LogP contribution >= 0.6 is 11.6 Å². The molecule has 0 atom stereocenters. The Morgan fingerprint density at radius 2 is 1.95 bits per heavy atom. The Morgan fingerprint density at radius 1 is 1.27 bits per heavy atom. The van der Waals surface area contributed by atoms with Crippen LogP contribution in [-0.2, 0) is 0 Å². The lowest BCUT2D eigenvalue weighted by molar-refractivity contribution is 0.0942. The van der Waals surface area contributed by atoms with E-state index in [1.807, 2.05) is 13.8 Å². The molecular weight excluding hydrogens is 300 g/mol. The highest BCUT2D eigenvalue weighted by Gasteiger charge is 2.16. The van der Waals surface area contributed by atoms with E-state index >= 15 is 0 Å². The van der Waals surface area contributed by atoms with Crippen LogP contribution in [0.5, 0.6) is 5.75 Å². The maximum atomic E-state index is 12.3. The minimum absolute atomic E-state index is 0.0660. The number of piperazine rings is 1. The Hall–Kier alpha value is -1.10. The van der Waals surface area contributed by atoms with Gasteiger partial charge < -0.3 is 14.5 Å². The Bertz CT molecular complexity index is 511. The van der Waals surface area contributed by atoms with Gasteiger partial charge >= 0.3 is 0 Å². The Labute approximate surface area is 138 Å². The quantitative estimate of drug-likeness (QED) is 0.753. The van der Waals surface area contributed by atoms with Crippen LogP contribution in [0.1, 0.15) is 30.6 Å². The first kappa shape index (κ1) is 17.3. The number of carbonyl (C=O) groups is 1. The number of carbonyl (C=O) groups excluding carboxylic acids is 1. The number of hydrogen-bond donors (Lipinski definition) is 0. The van der Waals surface area contributed by atoms with Crippen molar-refractivity contribution in [3.05, 3.63) is 28.8 Å². The van der Waals surface area contributed by atoms with Crippen LogP contribution in [0.15, 0.2) is 18.2 Å². The lowest BCUT2D eigenvalue weighted by Gasteiger charge is -2.32. The first-order valence-corrected chi connectivity index (χ1v) is 8.24. The van der Waals surface area contributed by atoms with E-state index in [1.54, 1.807) is 18.2 Å². The number of halogens is 1. The van der Waals surface area contributed by atoms with Crippen molar-refractivity contribution in [2.75, 3.05) is 39.8 Å². The number of likely N-dealkylation sites (N-methyl/N-ethyl adjacent to an activating group) is 1. The van der Waals surface area contributed by atoms with Crippen molar-refractivity contribution in [1.29, 1.82) is 0 Å². The fraction of sp³-hybridized carbons (Fsp3) is 0.588. The summed E-state index contributed by atoms with van der Waals surface area (Å²) >= 11 is 6.19. The molecule has 0 aromatic heterocycles. The zero-order valence-corrected chi connectivity index (χ0v) is 14.4. The summed E-state index contributed by atoms with van der Waals surface area (Å²) in [6.07, 6.45) is 0.598. The Kier molecular flexibility index (Phi) is 6.24. The molecule has 1 aliphatic rings. The first-order valence-electron chi connectivity index (χ1n) is 7.86. The molecule has 22 heavy (non-hydrogen) atoms.